The second-order valence-electron chi connectivity index (χ2n) is 7.42. The molecule has 0 aliphatic heterocycles. The minimum atomic E-state index is 0.506. The summed E-state index contributed by atoms with van der Waals surface area (Å²) in [6.45, 7) is 2.46. The van der Waals surface area contributed by atoms with Gasteiger partial charge >= 0.3 is 0 Å². The van der Waals surface area contributed by atoms with Gasteiger partial charge in [0.1, 0.15) is 11.8 Å². The first-order valence-electron chi connectivity index (χ1n) is 10.6. The molecule has 0 atom stereocenters. The van der Waals surface area contributed by atoms with Gasteiger partial charge in [-0.15, -0.1) is 12.3 Å². The van der Waals surface area contributed by atoms with Crippen LogP contribution in [0.3, 0.4) is 0 Å². The average Bonchev–Trinajstić information content (AvgIpc) is 2.83. The van der Waals surface area contributed by atoms with Crippen LogP contribution in [0.1, 0.15) is 51.9 Å². The molecule has 0 unspecified atom stereocenters. The molecule has 0 radical (unpaired) electrons. The van der Waals surface area contributed by atoms with Crippen LogP contribution < -0.4 is 4.74 Å². The summed E-state index contributed by atoms with van der Waals surface area (Å²) in [4.78, 5) is 11.9. The van der Waals surface area contributed by atoms with Crippen LogP contribution in [-0.4, -0.2) is 12.9 Å². The molecule has 3 rings (SSSR count). The Kier molecular flexibility index (Phi) is 8.02. The maximum atomic E-state index is 11.9. The van der Waals surface area contributed by atoms with Crippen LogP contribution in [0.5, 0.6) is 5.75 Å². The molecule has 0 aliphatic rings. The Labute approximate surface area is 190 Å². The summed E-state index contributed by atoms with van der Waals surface area (Å²) in [7, 11) is 0. The molecule has 0 aromatic heterocycles. The molecular formula is C29H25NO2. The molecule has 3 nitrogen and oxygen atoms in total. The normalized spacial score (nSPS) is 10.5. The van der Waals surface area contributed by atoms with Crippen LogP contribution in [0.4, 0.5) is 0 Å². The quantitative estimate of drug-likeness (QED) is 0.168. The minimum Gasteiger partial charge on any atom is -0.493 e. The summed E-state index contributed by atoms with van der Waals surface area (Å²) in [6, 6.07) is 21.7. The Morgan fingerprint density at radius 3 is 2.50 bits per heavy atom. The van der Waals surface area contributed by atoms with Crippen LogP contribution in [0, 0.1) is 30.6 Å². The predicted octanol–water partition coefficient (Wildman–Crippen LogP) is 6.70. The topological polar surface area (TPSA) is 50.1 Å². The number of rotatable bonds is 9. The fraction of sp³-hybridized carbons (Fsp3) is 0.172. The SMILES string of the molecule is C#CCCCCOc1ccc(C)c(/C=C/c2cccc(-c3ccccc3)c2C#N)c1C=O. The molecule has 0 spiro atoms. The van der Waals surface area contributed by atoms with Gasteiger partial charge in [-0.3, -0.25) is 4.79 Å². The Hall–Kier alpha value is -4.08. The van der Waals surface area contributed by atoms with E-state index in [2.05, 4.69) is 12.0 Å². The molecule has 0 saturated carbocycles. The lowest BCUT2D eigenvalue weighted by Crippen LogP contribution is -2.02. The van der Waals surface area contributed by atoms with Crippen molar-refractivity contribution >= 4 is 18.4 Å². The van der Waals surface area contributed by atoms with E-state index < -0.39 is 0 Å². The van der Waals surface area contributed by atoms with Crippen molar-refractivity contribution in [3.8, 4) is 35.3 Å². The highest BCUT2D eigenvalue weighted by Gasteiger charge is 2.12. The van der Waals surface area contributed by atoms with Gasteiger partial charge in [-0.05, 0) is 48.1 Å². The summed E-state index contributed by atoms with van der Waals surface area (Å²) in [5, 5.41) is 9.84. The van der Waals surface area contributed by atoms with Gasteiger partial charge in [-0.25, -0.2) is 0 Å². The van der Waals surface area contributed by atoms with E-state index in [1.807, 2.05) is 79.7 Å². The number of unbranched alkanes of at least 4 members (excludes halogenated alkanes) is 2. The first-order valence-corrected chi connectivity index (χ1v) is 10.6. The average molecular weight is 420 g/mol. The number of carbonyl (C=O) groups is 1. The van der Waals surface area contributed by atoms with Crippen molar-refractivity contribution in [2.45, 2.75) is 26.2 Å². The maximum absolute atomic E-state index is 11.9. The number of benzene rings is 3. The third-order valence-electron chi connectivity index (χ3n) is 5.28. The Balaban J connectivity index is 1.93. The van der Waals surface area contributed by atoms with Crippen molar-refractivity contribution in [3.05, 3.63) is 88.5 Å². The summed E-state index contributed by atoms with van der Waals surface area (Å²) in [5.74, 6) is 3.18. The smallest absolute Gasteiger partial charge is 0.154 e. The number of aryl methyl sites for hydroxylation is 1. The largest absolute Gasteiger partial charge is 0.493 e. The van der Waals surface area contributed by atoms with E-state index in [1.165, 1.54) is 0 Å². The zero-order chi connectivity index (χ0) is 22.8. The van der Waals surface area contributed by atoms with Gasteiger partial charge in [0.05, 0.1) is 17.7 Å². The van der Waals surface area contributed by atoms with Crippen LogP contribution in [0.15, 0.2) is 60.7 Å². The monoisotopic (exact) mass is 419 g/mol. The van der Waals surface area contributed by atoms with E-state index in [9.17, 15) is 10.1 Å². The lowest BCUT2D eigenvalue weighted by atomic mass is 9.94. The first kappa shape index (κ1) is 22.6. The molecule has 158 valence electrons. The fourth-order valence-electron chi connectivity index (χ4n) is 3.57. The van der Waals surface area contributed by atoms with Crippen molar-refractivity contribution in [2.24, 2.45) is 0 Å². The second kappa shape index (κ2) is 11.3. The molecular weight excluding hydrogens is 394 g/mol. The molecule has 0 aliphatic carbocycles. The van der Waals surface area contributed by atoms with E-state index in [-0.39, 0.29) is 0 Å². The van der Waals surface area contributed by atoms with Crippen LogP contribution >= 0.6 is 0 Å². The molecule has 0 N–H and O–H groups in total. The molecule has 3 heteroatoms. The van der Waals surface area contributed by atoms with Crippen molar-refractivity contribution in [3.63, 3.8) is 0 Å². The van der Waals surface area contributed by atoms with Gasteiger partial charge in [-0.1, -0.05) is 66.7 Å². The van der Waals surface area contributed by atoms with Gasteiger partial charge in [0, 0.05) is 12.0 Å². The molecule has 0 fully saturated rings. The van der Waals surface area contributed by atoms with Gasteiger partial charge in [-0.2, -0.15) is 5.26 Å². The Morgan fingerprint density at radius 1 is 0.969 bits per heavy atom. The zero-order valence-electron chi connectivity index (χ0n) is 18.2. The lowest BCUT2D eigenvalue weighted by molar-refractivity contribution is 0.111. The molecule has 0 saturated heterocycles. The molecule has 32 heavy (non-hydrogen) atoms. The van der Waals surface area contributed by atoms with E-state index in [0.29, 0.717) is 23.5 Å². The number of hydrogen-bond acceptors (Lipinski definition) is 3. The lowest BCUT2D eigenvalue weighted by Gasteiger charge is -2.12. The fourth-order valence-corrected chi connectivity index (χ4v) is 3.57. The maximum Gasteiger partial charge on any atom is 0.154 e. The van der Waals surface area contributed by atoms with Crippen molar-refractivity contribution in [2.75, 3.05) is 6.61 Å². The first-order chi connectivity index (χ1) is 15.7. The number of nitriles is 1. The number of carbonyl (C=O) groups excluding carboxylic acids is 1. The number of ether oxygens (including phenoxy) is 1. The summed E-state index contributed by atoms with van der Waals surface area (Å²) in [6.07, 6.45) is 12.3. The van der Waals surface area contributed by atoms with E-state index in [0.717, 1.165) is 53.4 Å². The van der Waals surface area contributed by atoms with E-state index >= 15 is 0 Å². The Morgan fingerprint density at radius 2 is 1.78 bits per heavy atom. The standard InChI is InChI=1S/C29H25NO2/c1-3-4-5-9-19-32-29-18-15-22(2)25(28(29)21-31)17-16-24-13-10-14-26(27(24)20-30)23-11-7-6-8-12-23/h1,6-8,10-18,21H,4-5,9,19H2,2H3/b17-16+. The number of terminal acetylenes is 1. The van der Waals surface area contributed by atoms with E-state index in [4.69, 9.17) is 11.2 Å². The van der Waals surface area contributed by atoms with Gasteiger partial charge in [0.2, 0.25) is 0 Å². The third kappa shape index (κ3) is 5.34. The van der Waals surface area contributed by atoms with Gasteiger partial charge in [0.25, 0.3) is 0 Å². The van der Waals surface area contributed by atoms with Crippen LogP contribution in [-0.2, 0) is 0 Å². The molecule has 0 heterocycles. The number of aldehydes is 1. The molecule has 3 aromatic carbocycles. The van der Waals surface area contributed by atoms with Gasteiger partial charge < -0.3 is 4.74 Å². The third-order valence-corrected chi connectivity index (χ3v) is 5.28. The highest BCUT2D eigenvalue weighted by molar-refractivity contribution is 5.90. The van der Waals surface area contributed by atoms with Crippen LogP contribution in [0.25, 0.3) is 23.3 Å². The molecule has 0 bridgehead atoms. The van der Waals surface area contributed by atoms with Crippen molar-refractivity contribution in [1.29, 1.82) is 5.26 Å². The highest BCUT2D eigenvalue weighted by atomic mass is 16.5. The Bertz CT molecular complexity index is 1190. The highest BCUT2D eigenvalue weighted by Crippen LogP contribution is 2.29. The summed E-state index contributed by atoms with van der Waals surface area (Å²) in [5.41, 5.74) is 5.52. The molecule has 3 aromatic rings. The van der Waals surface area contributed by atoms with Crippen molar-refractivity contribution < 1.29 is 9.53 Å². The zero-order valence-corrected chi connectivity index (χ0v) is 18.2. The summed E-state index contributed by atoms with van der Waals surface area (Å²) < 4.78 is 5.86. The van der Waals surface area contributed by atoms with Crippen LogP contribution in [0.2, 0.25) is 0 Å². The minimum absolute atomic E-state index is 0.506. The number of hydrogen-bond donors (Lipinski definition) is 0. The van der Waals surface area contributed by atoms with Gasteiger partial charge in [0.15, 0.2) is 6.29 Å². The predicted molar refractivity (Wildman–Crippen MR) is 130 cm³/mol. The van der Waals surface area contributed by atoms with Crippen molar-refractivity contribution in [1.82, 2.24) is 0 Å². The van der Waals surface area contributed by atoms with E-state index in [1.54, 1.807) is 0 Å². The second-order valence-corrected chi connectivity index (χ2v) is 7.42. The molecule has 0 amide bonds. The summed E-state index contributed by atoms with van der Waals surface area (Å²) >= 11 is 0. The number of nitrogens with zero attached hydrogens (tertiary/aromatic N) is 1.